The number of ether oxygens (including phenoxy) is 1. The van der Waals surface area contributed by atoms with Crippen LogP contribution in [0.1, 0.15) is 58.3 Å². The van der Waals surface area contributed by atoms with Crippen LogP contribution >= 0.6 is 0 Å². The molecule has 8 nitrogen and oxygen atoms in total. The van der Waals surface area contributed by atoms with E-state index in [4.69, 9.17) is 4.74 Å². The molecule has 0 aromatic carbocycles. The molecule has 1 aromatic rings. The van der Waals surface area contributed by atoms with Crippen LogP contribution in [0.5, 0.6) is 0 Å². The van der Waals surface area contributed by atoms with Crippen LogP contribution in [0.25, 0.3) is 0 Å². The maximum atomic E-state index is 12.9. The van der Waals surface area contributed by atoms with Gasteiger partial charge in [0.2, 0.25) is 0 Å². The molecule has 156 valence electrons. The molecule has 0 bridgehead atoms. The van der Waals surface area contributed by atoms with Crippen molar-refractivity contribution in [3.05, 3.63) is 22.5 Å². The number of methoxy groups -OCH3 is 1. The Morgan fingerprint density at radius 1 is 1.21 bits per heavy atom. The predicted octanol–water partition coefficient (Wildman–Crippen LogP) is 1.05. The van der Waals surface area contributed by atoms with Crippen molar-refractivity contribution in [2.45, 2.75) is 51.6 Å². The molecule has 1 aromatic heterocycles. The van der Waals surface area contributed by atoms with Gasteiger partial charge in [-0.3, -0.25) is 9.69 Å². The normalized spacial score (nSPS) is 24.8. The van der Waals surface area contributed by atoms with Crippen molar-refractivity contribution < 1.29 is 22.7 Å². The number of piperidine rings is 1. The molecule has 0 aliphatic carbocycles. The number of H-pyrrole nitrogens is 1. The van der Waals surface area contributed by atoms with Crippen LogP contribution in [0, 0.1) is 6.92 Å². The van der Waals surface area contributed by atoms with E-state index in [2.05, 4.69) is 15.2 Å². The van der Waals surface area contributed by atoms with Crippen LogP contribution in [0.2, 0.25) is 0 Å². The molecule has 2 atom stereocenters. The molecule has 1 amide bonds. The number of nitrogens with zero attached hydrogens (tertiary/aromatic N) is 1. The van der Waals surface area contributed by atoms with Crippen molar-refractivity contribution in [3.63, 3.8) is 0 Å². The Morgan fingerprint density at radius 3 is 2.50 bits per heavy atom. The van der Waals surface area contributed by atoms with Crippen molar-refractivity contribution in [1.29, 1.82) is 0 Å². The maximum Gasteiger partial charge on any atom is 0.339 e. The molecule has 28 heavy (non-hydrogen) atoms. The van der Waals surface area contributed by atoms with Crippen molar-refractivity contribution >= 4 is 21.7 Å². The van der Waals surface area contributed by atoms with Gasteiger partial charge in [0.25, 0.3) is 5.91 Å². The molecule has 0 radical (unpaired) electrons. The molecule has 2 fully saturated rings. The van der Waals surface area contributed by atoms with Gasteiger partial charge < -0.3 is 15.0 Å². The third kappa shape index (κ3) is 4.10. The molecule has 0 spiro atoms. The Morgan fingerprint density at radius 2 is 1.89 bits per heavy atom. The Bertz CT molecular complexity index is 855. The van der Waals surface area contributed by atoms with Gasteiger partial charge in [-0.1, -0.05) is 13.3 Å². The van der Waals surface area contributed by atoms with Gasteiger partial charge >= 0.3 is 5.97 Å². The van der Waals surface area contributed by atoms with Crippen LogP contribution in [-0.4, -0.2) is 74.0 Å². The van der Waals surface area contributed by atoms with E-state index < -0.39 is 21.8 Å². The van der Waals surface area contributed by atoms with E-state index in [-0.39, 0.29) is 23.5 Å². The van der Waals surface area contributed by atoms with E-state index in [0.29, 0.717) is 28.9 Å². The summed E-state index contributed by atoms with van der Waals surface area (Å²) in [4.78, 5) is 30.2. The minimum Gasteiger partial charge on any atom is -0.465 e. The molecule has 2 aliphatic rings. The summed E-state index contributed by atoms with van der Waals surface area (Å²) in [7, 11) is -1.89. The number of rotatable bonds is 5. The standard InChI is InChI=1S/C19H29N3O5S/c1-4-13-16(19(24)27-3)12(2)17(20-13)18(23)21-14-10-28(25,26)11-15(14)22-8-6-5-7-9-22/h14-15,20H,4-11H2,1-3H3,(H,21,23). The number of aromatic nitrogens is 1. The third-order valence-electron chi connectivity index (χ3n) is 5.80. The maximum absolute atomic E-state index is 12.9. The zero-order valence-electron chi connectivity index (χ0n) is 16.7. The Balaban J connectivity index is 1.83. The largest absolute Gasteiger partial charge is 0.465 e. The first-order valence-corrected chi connectivity index (χ1v) is 11.6. The number of aryl methyl sites for hydroxylation is 1. The summed E-state index contributed by atoms with van der Waals surface area (Å²) in [6.45, 7) is 5.31. The smallest absolute Gasteiger partial charge is 0.339 e. The number of nitrogens with one attached hydrogen (secondary N) is 2. The highest BCUT2D eigenvalue weighted by Crippen LogP contribution is 2.24. The van der Waals surface area contributed by atoms with Crippen molar-refractivity contribution in [1.82, 2.24) is 15.2 Å². The molecule has 2 aliphatic heterocycles. The highest BCUT2D eigenvalue weighted by atomic mass is 32.2. The monoisotopic (exact) mass is 411 g/mol. The van der Waals surface area contributed by atoms with Crippen LogP contribution in [0.3, 0.4) is 0 Å². The average Bonchev–Trinajstić information content (AvgIpc) is 3.17. The lowest BCUT2D eigenvalue weighted by Crippen LogP contribution is -2.52. The lowest BCUT2D eigenvalue weighted by molar-refractivity contribution is 0.0599. The van der Waals surface area contributed by atoms with Gasteiger partial charge in [0.15, 0.2) is 9.84 Å². The minimum absolute atomic E-state index is 0.0514. The summed E-state index contributed by atoms with van der Waals surface area (Å²) in [6.07, 6.45) is 3.81. The van der Waals surface area contributed by atoms with Crippen molar-refractivity contribution in [2.24, 2.45) is 0 Å². The first kappa shape index (κ1) is 20.9. The highest BCUT2D eigenvalue weighted by Gasteiger charge is 2.42. The van der Waals surface area contributed by atoms with Gasteiger partial charge in [0.1, 0.15) is 5.69 Å². The summed E-state index contributed by atoms with van der Waals surface area (Å²) in [5.41, 5.74) is 1.83. The number of sulfone groups is 1. The van der Waals surface area contributed by atoms with E-state index in [9.17, 15) is 18.0 Å². The van der Waals surface area contributed by atoms with Gasteiger partial charge in [-0.05, 0) is 44.8 Å². The van der Waals surface area contributed by atoms with Gasteiger partial charge in [0.05, 0.1) is 30.2 Å². The molecule has 0 saturated carbocycles. The van der Waals surface area contributed by atoms with E-state index in [1.54, 1.807) is 6.92 Å². The van der Waals surface area contributed by atoms with Gasteiger partial charge in [-0.15, -0.1) is 0 Å². The Kier molecular flexibility index (Phi) is 6.14. The van der Waals surface area contributed by atoms with Crippen molar-refractivity contribution in [2.75, 3.05) is 31.7 Å². The van der Waals surface area contributed by atoms with Crippen LogP contribution in [0.4, 0.5) is 0 Å². The summed E-state index contributed by atoms with van der Waals surface area (Å²) in [5, 5.41) is 2.92. The van der Waals surface area contributed by atoms with E-state index >= 15 is 0 Å². The second-order valence-corrected chi connectivity index (χ2v) is 9.80. The first-order valence-electron chi connectivity index (χ1n) is 9.82. The summed E-state index contributed by atoms with van der Waals surface area (Å²) < 4.78 is 29.4. The molecular weight excluding hydrogens is 382 g/mol. The first-order chi connectivity index (χ1) is 13.3. The number of aromatic amines is 1. The predicted molar refractivity (Wildman–Crippen MR) is 105 cm³/mol. The van der Waals surface area contributed by atoms with Crippen LogP contribution in [-0.2, 0) is 21.0 Å². The number of esters is 1. The van der Waals surface area contributed by atoms with Gasteiger partial charge in [-0.2, -0.15) is 0 Å². The molecule has 3 rings (SSSR count). The average molecular weight is 412 g/mol. The number of amides is 1. The zero-order chi connectivity index (χ0) is 20.5. The molecule has 2 N–H and O–H groups in total. The summed E-state index contributed by atoms with van der Waals surface area (Å²) >= 11 is 0. The van der Waals surface area contributed by atoms with Gasteiger partial charge in [-0.25, -0.2) is 13.2 Å². The lowest BCUT2D eigenvalue weighted by atomic mass is 10.0. The topological polar surface area (TPSA) is 109 Å². The SMILES string of the molecule is CCc1[nH]c(C(=O)NC2CS(=O)(=O)CC2N2CCCCC2)c(C)c1C(=O)OC. The highest BCUT2D eigenvalue weighted by molar-refractivity contribution is 7.91. The molecule has 2 saturated heterocycles. The fraction of sp³-hybridized carbons (Fsp3) is 0.684. The fourth-order valence-corrected chi connectivity index (χ4v) is 6.30. The second kappa shape index (κ2) is 8.24. The number of hydrogen-bond acceptors (Lipinski definition) is 6. The number of likely N-dealkylation sites (tertiary alicyclic amines) is 1. The number of hydrogen-bond donors (Lipinski definition) is 2. The molecule has 3 heterocycles. The fourth-order valence-electron chi connectivity index (χ4n) is 4.35. The minimum atomic E-state index is -3.20. The summed E-state index contributed by atoms with van der Waals surface area (Å²) in [5.74, 6) is -0.842. The summed E-state index contributed by atoms with van der Waals surface area (Å²) in [6, 6.07) is -0.653. The third-order valence-corrected chi connectivity index (χ3v) is 7.51. The Labute approximate surface area is 165 Å². The van der Waals surface area contributed by atoms with E-state index in [1.165, 1.54) is 7.11 Å². The molecular formula is C19H29N3O5S. The van der Waals surface area contributed by atoms with Crippen LogP contribution in [0.15, 0.2) is 0 Å². The van der Waals surface area contributed by atoms with Crippen molar-refractivity contribution in [3.8, 4) is 0 Å². The zero-order valence-corrected chi connectivity index (χ0v) is 17.5. The Hall–Kier alpha value is -1.87. The second-order valence-electron chi connectivity index (χ2n) is 7.64. The number of carbonyl (C=O) groups is 2. The number of carbonyl (C=O) groups excluding carboxylic acids is 2. The van der Waals surface area contributed by atoms with Crippen LogP contribution < -0.4 is 5.32 Å². The lowest BCUT2D eigenvalue weighted by Gasteiger charge is -2.35. The molecule has 9 heteroatoms. The van der Waals surface area contributed by atoms with E-state index in [1.807, 2.05) is 6.92 Å². The van der Waals surface area contributed by atoms with E-state index in [0.717, 1.165) is 32.4 Å². The van der Waals surface area contributed by atoms with Gasteiger partial charge in [0, 0.05) is 11.7 Å². The molecule has 2 unspecified atom stereocenters. The quantitative estimate of drug-likeness (QED) is 0.701.